The predicted molar refractivity (Wildman–Crippen MR) is 48.2 cm³/mol. The molecule has 13 heavy (non-hydrogen) atoms. The number of rotatable bonds is 1. The summed E-state index contributed by atoms with van der Waals surface area (Å²) in [5, 5.41) is 7.16. The van der Waals surface area contributed by atoms with Crippen molar-refractivity contribution < 1.29 is 9.59 Å². The van der Waals surface area contributed by atoms with E-state index in [1.165, 1.54) is 0 Å². The number of imide groups is 1. The van der Waals surface area contributed by atoms with Gasteiger partial charge in [0.2, 0.25) is 5.91 Å². The van der Waals surface area contributed by atoms with Gasteiger partial charge in [-0.2, -0.15) is 5.10 Å². The van der Waals surface area contributed by atoms with Crippen LogP contribution in [0.5, 0.6) is 0 Å². The van der Waals surface area contributed by atoms with Gasteiger partial charge in [0.25, 0.3) is 0 Å². The number of hydrazone groups is 1. The molecule has 1 heterocycles. The Hall–Kier alpha value is -1.39. The van der Waals surface area contributed by atoms with E-state index in [-0.39, 0.29) is 17.9 Å². The Morgan fingerprint density at radius 1 is 1.46 bits per heavy atom. The molecule has 0 radical (unpaired) electrons. The molecular formula is C8H13N3O2. The second-order valence-corrected chi connectivity index (χ2v) is 4.02. The summed E-state index contributed by atoms with van der Waals surface area (Å²) in [6, 6.07) is -0.453. The van der Waals surface area contributed by atoms with Crippen LogP contribution in [0.3, 0.4) is 0 Å². The van der Waals surface area contributed by atoms with Crippen molar-refractivity contribution in [2.75, 3.05) is 6.54 Å². The van der Waals surface area contributed by atoms with E-state index in [1.54, 1.807) is 6.21 Å². The highest BCUT2D eigenvalue weighted by Crippen LogP contribution is 2.09. The number of nitrogens with zero attached hydrogens (tertiary/aromatic N) is 2. The number of hydrogen-bond donors (Lipinski definition) is 1. The Labute approximate surface area is 76.8 Å². The van der Waals surface area contributed by atoms with Crippen LogP contribution < -0.4 is 5.32 Å². The largest absolute Gasteiger partial charge is 0.344 e. The summed E-state index contributed by atoms with van der Waals surface area (Å²) in [4.78, 5) is 21.7. The van der Waals surface area contributed by atoms with E-state index in [1.807, 2.05) is 20.8 Å². The number of amides is 3. The Bertz CT molecular complexity index is 265. The van der Waals surface area contributed by atoms with Crippen molar-refractivity contribution in [2.24, 2.45) is 10.5 Å². The molecule has 0 atom stereocenters. The first-order valence-corrected chi connectivity index (χ1v) is 4.05. The zero-order valence-electron chi connectivity index (χ0n) is 8.00. The van der Waals surface area contributed by atoms with E-state index in [0.717, 1.165) is 5.01 Å². The average Bonchev–Trinajstić information content (AvgIpc) is 2.24. The molecule has 0 aromatic rings. The van der Waals surface area contributed by atoms with E-state index in [4.69, 9.17) is 0 Å². The second kappa shape index (κ2) is 3.16. The van der Waals surface area contributed by atoms with E-state index in [2.05, 4.69) is 10.4 Å². The van der Waals surface area contributed by atoms with Crippen molar-refractivity contribution in [2.45, 2.75) is 20.8 Å². The van der Waals surface area contributed by atoms with Gasteiger partial charge in [-0.1, -0.05) is 20.8 Å². The number of urea groups is 1. The topological polar surface area (TPSA) is 61.8 Å². The third-order valence-corrected chi connectivity index (χ3v) is 1.36. The van der Waals surface area contributed by atoms with Crippen LogP contribution in [-0.4, -0.2) is 29.7 Å². The van der Waals surface area contributed by atoms with Crippen molar-refractivity contribution in [3.8, 4) is 0 Å². The Morgan fingerprint density at radius 2 is 2.08 bits per heavy atom. The van der Waals surface area contributed by atoms with Gasteiger partial charge in [0.05, 0.1) is 0 Å². The van der Waals surface area contributed by atoms with E-state index in [9.17, 15) is 9.59 Å². The SMILES string of the molecule is CC(C)(C)/C=N/N1CC(=O)NC1=O. The van der Waals surface area contributed by atoms with Gasteiger partial charge in [0.1, 0.15) is 6.54 Å². The van der Waals surface area contributed by atoms with Crippen LogP contribution in [0.15, 0.2) is 5.10 Å². The molecule has 1 N–H and O–H groups in total. The Balaban J connectivity index is 2.60. The molecular weight excluding hydrogens is 170 g/mol. The maximum atomic E-state index is 11.0. The molecule has 0 unspecified atom stereocenters. The summed E-state index contributed by atoms with van der Waals surface area (Å²) in [7, 11) is 0. The molecule has 5 nitrogen and oxygen atoms in total. The first kappa shape index (κ1) is 9.70. The minimum atomic E-state index is -0.453. The quantitative estimate of drug-likeness (QED) is 0.477. The van der Waals surface area contributed by atoms with Gasteiger partial charge in [-0.05, 0) is 5.41 Å². The highest BCUT2D eigenvalue weighted by molar-refractivity contribution is 6.01. The molecule has 5 heteroatoms. The molecule has 1 aliphatic rings. The minimum Gasteiger partial charge on any atom is -0.275 e. The molecule has 1 rings (SSSR count). The van der Waals surface area contributed by atoms with Crippen molar-refractivity contribution in [3.05, 3.63) is 0 Å². The first-order valence-electron chi connectivity index (χ1n) is 4.05. The molecule has 72 valence electrons. The summed E-state index contributed by atoms with van der Waals surface area (Å²) >= 11 is 0. The molecule has 0 aromatic carbocycles. The van der Waals surface area contributed by atoms with Gasteiger partial charge >= 0.3 is 6.03 Å². The lowest BCUT2D eigenvalue weighted by Crippen LogP contribution is -2.25. The lowest BCUT2D eigenvalue weighted by atomic mass is 9.99. The maximum Gasteiger partial charge on any atom is 0.344 e. The lowest BCUT2D eigenvalue weighted by molar-refractivity contribution is -0.118. The molecule has 0 bridgehead atoms. The van der Waals surface area contributed by atoms with Crippen molar-refractivity contribution in [3.63, 3.8) is 0 Å². The molecule has 0 aromatic heterocycles. The molecule has 1 saturated heterocycles. The van der Waals surface area contributed by atoms with E-state index >= 15 is 0 Å². The fourth-order valence-electron chi connectivity index (χ4n) is 0.767. The average molecular weight is 183 g/mol. The zero-order chi connectivity index (χ0) is 10.1. The predicted octanol–water partition coefficient (Wildman–Crippen LogP) is 0.570. The first-order chi connectivity index (χ1) is 5.88. The highest BCUT2D eigenvalue weighted by atomic mass is 16.2. The maximum absolute atomic E-state index is 11.0. The van der Waals surface area contributed by atoms with Gasteiger partial charge in [0.15, 0.2) is 0 Å². The number of carbonyl (C=O) groups excluding carboxylic acids is 2. The summed E-state index contributed by atoms with van der Waals surface area (Å²) in [6.07, 6.45) is 1.64. The molecule has 0 saturated carbocycles. The van der Waals surface area contributed by atoms with Crippen LogP contribution in [0.2, 0.25) is 0 Å². The van der Waals surface area contributed by atoms with E-state index in [0.29, 0.717) is 0 Å². The van der Waals surface area contributed by atoms with Crippen LogP contribution >= 0.6 is 0 Å². The summed E-state index contributed by atoms with van der Waals surface area (Å²) in [5.41, 5.74) is -0.0914. The normalized spacial score (nSPS) is 18.5. The fourth-order valence-corrected chi connectivity index (χ4v) is 0.767. The number of nitrogens with one attached hydrogen (secondary N) is 1. The Morgan fingerprint density at radius 3 is 2.46 bits per heavy atom. The summed E-state index contributed by atoms with van der Waals surface area (Å²) in [6.45, 7) is 5.91. The molecule has 1 fully saturated rings. The number of hydrogen-bond acceptors (Lipinski definition) is 3. The minimum absolute atomic E-state index is 0.0193. The molecule has 3 amide bonds. The van der Waals surface area contributed by atoms with Crippen LogP contribution in [0.25, 0.3) is 0 Å². The van der Waals surface area contributed by atoms with Crippen LogP contribution in [0.1, 0.15) is 20.8 Å². The second-order valence-electron chi connectivity index (χ2n) is 4.02. The standard InChI is InChI=1S/C8H13N3O2/c1-8(2,3)5-9-11-4-6(12)10-7(11)13/h5H,4H2,1-3H3,(H,10,12,13)/b9-5+. The fraction of sp³-hybridized carbons (Fsp3) is 0.625. The summed E-state index contributed by atoms with van der Waals surface area (Å²) in [5.74, 6) is -0.309. The van der Waals surface area contributed by atoms with Crippen LogP contribution in [-0.2, 0) is 4.79 Å². The van der Waals surface area contributed by atoms with Gasteiger partial charge in [-0.25, -0.2) is 9.80 Å². The molecule has 0 aliphatic carbocycles. The van der Waals surface area contributed by atoms with Gasteiger partial charge < -0.3 is 0 Å². The van der Waals surface area contributed by atoms with Crippen molar-refractivity contribution in [1.29, 1.82) is 0 Å². The van der Waals surface area contributed by atoms with Gasteiger partial charge in [-0.15, -0.1) is 0 Å². The smallest absolute Gasteiger partial charge is 0.275 e. The lowest BCUT2D eigenvalue weighted by Gasteiger charge is -2.12. The Kier molecular flexibility index (Phi) is 2.36. The van der Waals surface area contributed by atoms with Crippen LogP contribution in [0, 0.1) is 5.41 Å². The highest BCUT2D eigenvalue weighted by Gasteiger charge is 2.26. The summed E-state index contributed by atoms with van der Waals surface area (Å²) < 4.78 is 0. The van der Waals surface area contributed by atoms with E-state index < -0.39 is 6.03 Å². The number of carbonyl (C=O) groups is 2. The molecule has 0 spiro atoms. The third-order valence-electron chi connectivity index (χ3n) is 1.36. The molecule has 1 aliphatic heterocycles. The van der Waals surface area contributed by atoms with Crippen molar-refractivity contribution in [1.82, 2.24) is 10.3 Å². The monoisotopic (exact) mass is 183 g/mol. The van der Waals surface area contributed by atoms with Gasteiger partial charge in [0, 0.05) is 6.21 Å². The third kappa shape index (κ3) is 2.85. The van der Waals surface area contributed by atoms with Crippen LogP contribution in [0.4, 0.5) is 4.79 Å². The van der Waals surface area contributed by atoms with Crippen molar-refractivity contribution >= 4 is 18.2 Å². The van der Waals surface area contributed by atoms with Gasteiger partial charge in [-0.3, -0.25) is 10.1 Å². The zero-order valence-corrected chi connectivity index (χ0v) is 8.00.